The molecular weight excluding hydrogens is 182 g/mol. The molecular formula is C14H19N. The summed E-state index contributed by atoms with van der Waals surface area (Å²) in [5.74, 6) is 0.539. The fourth-order valence-corrected chi connectivity index (χ4v) is 1.36. The van der Waals surface area contributed by atoms with E-state index < -0.39 is 0 Å². The Morgan fingerprint density at radius 1 is 0.933 bits per heavy atom. The fourth-order valence-electron chi connectivity index (χ4n) is 1.36. The average Bonchev–Trinajstić information content (AvgIpc) is 2.27. The summed E-state index contributed by atoms with van der Waals surface area (Å²) in [5, 5.41) is 0. The summed E-state index contributed by atoms with van der Waals surface area (Å²) in [6.07, 6.45) is 1.04. The van der Waals surface area contributed by atoms with E-state index in [0.717, 1.165) is 13.0 Å². The van der Waals surface area contributed by atoms with E-state index in [2.05, 4.69) is 31.2 Å². The quantitative estimate of drug-likeness (QED) is 0.799. The molecule has 0 bridgehead atoms. The number of nitrogens with two attached hydrogens (primary N) is 1. The molecule has 0 aliphatic carbocycles. The Labute approximate surface area is 92.3 Å². The lowest BCUT2D eigenvalue weighted by Crippen LogP contribution is -2.12. The second kappa shape index (κ2) is 7.02. The Morgan fingerprint density at radius 2 is 1.40 bits per heavy atom. The van der Waals surface area contributed by atoms with Gasteiger partial charge in [-0.25, -0.2) is 0 Å². The molecule has 0 amide bonds. The zero-order valence-electron chi connectivity index (χ0n) is 9.27. The second-order valence-corrected chi connectivity index (χ2v) is 3.80. The van der Waals surface area contributed by atoms with Crippen LogP contribution in [0.2, 0.25) is 0 Å². The molecule has 2 N–H and O–H groups in total. The van der Waals surface area contributed by atoms with E-state index in [4.69, 9.17) is 5.73 Å². The highest BCUT2D eigenvalue weighted by molar-refractivity contribution is 5.12. The zero-order valence-corrected chi connectivity index (χ0v) is 9.27. The molecule has 0 aliphatic heterocycles. The van der Waals surface area contributed by atoms with Crippen molar-refractivity contribution < 1.29 is 0 Å². The Morgan fingerprint density at radius 3 is 1.87 bits per heavy atom. The molecule has 1 heteroatoms. The lowest BCUT2D eigenvalue weighted by molar-refractivity contribution is 0.593. The van der Waals surface area contributed by atoms with E-state index in [0.29, 0.717) is 5.92 Å². The van der Waals surface area contributed by atoms with Gasteiger partial charge in [0, 0.05) is 0 Å². The molecule has 0 saturated heterocycles. The van der Waals surface area contributed by atoms with Crippen molar-refractivity contribution >= 4 is 0 Å². The SMILES string of the molecule is CC(CN)Cc1ccccccccc1. The van der Waals surface area contributed by atoms with Gasteiger partial charge >= 0.3 is 0 Å². The van der Waals surface area contributed by atoms with Crippen molar-refractivity contribution in [3.05, 3.63) is 60.2 Å². The predicted molar refractivity (Wildman–Crippen MR) is 66.0 cm³/mol. The highest BCUT2D eigenvalue weighted by atomic mass is 14.5. The summed E-state index contributed by atoms with van der Waals surface area (Å²) in [6.45, 7) is 2.91. The van der Waals surface area contributed by atoms with Crippen LogP contribution >= 0.6 is 0 Å². The van der Waals surface area contributed by atoms with E-state index in [1.54, 1.807) is 0 Å². The van der Waals surface area contributed by atoms with Crippen molar-refractivity contribution in [1.29, 1.82) is 0 Å². The van der Waals surface area contributed by atoms with Gasteiger partial charge in [-0.05, 0) is 24.4 Å². The summed E-state index contributed by atoms with van der Waals surface area (Å²) in [4.78, 5) is 0. The maximum Gasteiger partial charge on any atom is -0.00483 e. The standard InChI is InChI=1S/C14H19N/c1-13(12-15)11-14-9-7-5-3-2-4-6-8-10-14/h2-10,13H,11-12,15H2,1H3. The van der Waals surface area contributed by atoms with Crippen molar-refractivity contribution in [3.63, 3.8) is 0 Å². The van der Waals surface area contributed by atoms with Gasteiger partial charge in [-0.2, -0.15) is 0 Å². The van der Waals surface area contributed by atoms with E-state index in [-0.39, 0.29) is 0 Å². The third-order valence-corrected chi connectivity index (χ3v) is 2.27. The van der Waals surface area contributed by atoms with Gasteiger partial charge in [0.15, 0.2) is 0 Å². The highest BCUT2D eigenvalue weighted by Crippen LogP contribution is 2.04. The summed E-state index contributed by atoms with van der Waals surface area (Å²) in [6, 6.07) is 18.6. The van der Waals surface area contributed by atoms with E-state index in [1.807, 2.05) is 30.3 Å². The molecule has 1 aromatic rings. The summed E-state index contributed by atoms with van der Waals surface area (Å²) in [5.41, 5.74) is 6.94. The topological polar surface area (TPSA) is 26.0 Å². The van der Waals surface area contributed by atoms with E-state index >= 15 is 0 Å². The van der Waals surface area contributed by atoms with Gasteiger partial charge in [0.2, 0.25) is 0 Å². The van der Waals surface area contributed by atoms with Crippen molar-refractivity contribution in [2.45, 2.75) is 13.3 Å². The number of hydrogen-bond acceptors (Lipinski definition) is 1. The zero-order chi connectivity index (χ0) is 10.9. The van der Waals surface area contributed by atoms with Crippen LogP contribution in [0.4, 0.5) is 0 Å². The first kappa shape index (κ1) is 11.7. The van der Waals surface area contributed by atoms with Gasteiger partial charge in [-0.3, -0.25) is 0 Å². The smallest absolute Gasteiger partial charge is 0.00483 e. The first-order chi connectivity index (χ1) is 7.33. The Kier molecular flexibility index (Phi) is 5.49. The lowest BCUT2D eigenvalue weighted by Gasteiger charge is -2.06. The van der Waals surface area contributed by atoms with Crippen LogP contribution in [0.15, 0.2) is 54.6 Å². The Balaban J connectivity index is 2.88. The Bertz CT molecular complexity index is 307. The van der Waals surface area contributed by atoms with Gasteiger partial charge < -0.3 is 5.73 Å². The summed E-state index contributed by atoms with van der Waals surface area (Å²) < 4.78 is 0. The molecule has 0 fully saturated rings. The highest BCUT2D eigenvalue weighted by Gasteiger charge is 1.98. The number of hydrogen-bond donors (Lipinski definition) is 1. The van der Waals surface area contributed by atoms with Crippen LogP contribution in [-0.2, 0) is 6.42 Å². The molecule has 1 nitrogen and oxygen atoms in total. The molecule has 0 saturated carbocycles. The maximum atomic E-state index is 5.62. The van der Waals surface area contributed by atoms with Crippen LogP contribution in [0, 0.1) is 5.92 Å². The molecule has 1 aromatic carbocycles. The molecule has 15 heavy (non-hydrogen) atoms. The normalized spacial score (nSPS) is 11.6. The van der Waals surface area contributed by atoms with Gasteiger partial charge in [0.25, 0.3) is 0 Å². The van der Waals surface area contributed by atoms with Crippen molar-refractivity contribution in [1.82, 2.24) is 0 Å². The average molecular weight is 201 g/mol. The second-order valence-electron chi connectivity index (χ2n) is 3.80. The molecule has 1 unspecified atom stereocenters. The number of rotatable bonds is 3. The Hall–Kier alpha value is -1.34. The van der Waals surface area contributed by atoms with Crippen LogP contribution in [0.5, 0.6) is 0 Å². The van der Waals surface area contributed by atoms with Crippen molar-refractivity contribution in [3.8, 4) is 0 Å². The van der Waals surface area contributed by atoms with Crippen LogP contribution in [0.1, 0.15) is 12.5 Å². The first-order valence-corrected chi connectivity index (χ1v) is 5.40. The van der Waals surface area contributed by atoms with Crippen LogP contribution in [-0.4, -0.2) is 6.54 Å². The third-order valence-electron chi connectivity index (χ3n) is 2.27. The lowest BCUT2D eigenvalue weighted by atomic mass is 10.0. The molecule has 1 rings (SSSR count). The minimum atomic E-state index is 0.539. The molecule has 0 aliphatic rings. The largest absolute Gasteiger partial charge is 0.330 e. The first-order valence-electron chi connectivity index (χ1n) is 5.40. The minimum absolute atomic E-state index is 0.539. The summed E-state index contributed by atoms with van der Waals surface area (Å²) in [7, 11) is 0. The van der Waals surface area contributed by atoms with Crippen LogP contribution in [0.25, 0.3) is 0 Å². The van der Waals surface area contributed by atoms with E-state index in [1.165, 1.54) is 5.56 Å². The van der Waals surface area contributed by atoms with Crippen LogP contribution in [0.3, 0.4) is 0 Å². The molecule has 1 atom stereocenters. The van der Waals surface area contributed by atoms with Gasteiger partial charge in [-0.15, -0.1) is 0 Å². The molecule has 80 valence electrons. The predicted octanol–water partition coefficient (Wildman–Crippen LogP) is 2.95. The molecule has 0 radical (unpaired) electrons. The maximum absolute atomic E-state index is 5.62. The molecule has 0 aromatic heterocycles. The summed E-state index contributed by atoms with van der Waals surface area (Å²) >= 11 is 0. The van der Waals surface area contributed by atoms with Gasteiger partial charge in [0.05, 0.1) is 0 Å². The van der Waals surface area contributed by atoms with Crippen molar-refractivity contribution in [2.24, 2.45) is 11.7 Å². The molecule has 0 heterocycles. The van der Waals surface area contributed by atoms with Crippen molar-refractivity contribution in [2.75, 3.05) is 6.54 Å². The van der Waals surface area contributed by atoms with E-state index in [9.17, 15) is 0 Å². The van der Waals surface area contributed by atoms with Gasteiger partial charge in [-0.1, -0.05) is 61.5 Å². The fraction of sp³-hybridized carbons (Fsp3) is 0.286. The monoisotopic (exact) mass is 201 g/mol. The third kappa shape index (κ3) is 5.18. The minimum Gasteiger partial charge on any atom is -0.330 e. The van der Waals surface area contributed by atoms with Crippen LogP contribution < -0.4 is 5.73 Å². The molecule has 0 spiro atoms. The van der Waals surface area contributed by atoms with Gasteiger partial charge in [0.1, 0.15) is 0 Å².